The summed E-state index contributed by atoms with van der Waals surface area (Å²) in [7, 11) is 0. The lowest BCUT2D eigenvalue weighted by Gasteiger charge is -2.15. The summed E-state index contributed by atoms with van der Waals surface area (Å²) in [6, 6.07) is 9.77. The number of amides is 1. The maximum absolute atomic E-state index is 11.7. The smallest absolute Gasteiger partial charge is 0.224 e. The molecule has 0 unspecified atom stereocenters. The third-order valence-corrected chi connectivity index (χ3v) is 2.78. The van der Waals surface area contributed by atoms with Crippen molar-refractivity contribution in [2.45, 2.75) is 20.3 Å². The second-order valence-electron chi connectivity index (χ2n) is 4.58. The molecule has 1 N–H and O–H groups in total. The number of carbonyl (C=O) groups excluding carboxylic acids is 1. The van der Waals surface area contributed by atoms with E-state index in [1.54, 1.807) is 13.8 Å². The van der Waals surface area contributed by atoms with Crippen LogP contribution in [0.4, 0.5) is 0 Å². The zero-order valence-electron chi connectivity index (χ0n) is 9.96. The standard InChI is InChI=1S/C13H15BrN2O/c1-13(2,8-15)9-16-12(17)7-10-4-3-5-11(14)6-10/h3-6H,7,9H2,1-2H3,(H,16,17). The molecule has 0 spiro atoms. The Balaban J connectivity index is 2.49. The van der Waals surface area contributed by atoms with Gasteiger partial charge >= 0.3 is 0 Å². The molecule has 0 radical (unpaired) electrons. The first-order chi connectivity index (χ1) is 7.93. The molecule has 4 heteroatoms. The highest BCUT2D eigenvalue weighted by Gasteiger charge is 2.17. The van der Waals surface area contributed by atoms with E-state index in [4.69, 9.17) is 5.26 Å². The molecular weight excluding hydrogens is 280 g/mol. The van der Waals surface area contributed by atoms with Crippen LogP contribution in [-0.2, 0) is 11.2 Å². The van der Waals surface area contributed by atoms with Crippen molar-refractivity contribution in [2.24, 2.45) is 5.41 Å². The fraction of sp³-hybridized carbons (Fsp3) is 0.385. The number of hydrogen-bond donors (Lipinski definition) is 1. The molecule has 0 aliphatic rings. The van der Waals surface area contributed by atoms with Gasteiger partial charge in [-0.3, -0.25) is 4.79 Å². The SMILES string of the molecule is CC(C)(C#N)CNC(=O)Cc1cccc(Br)c1. The fourth-order valence-electron chi connectivity index (χ4n) is 1.25. The van der Waals surface area contributed by atoms with Gasteiger partial charge < -0.3 is 5.32 Å². The largest absolute Gasteiger partial charge is 0.354 e. The van der Waals surface area contributed by atoms with Crippen molar-refractivity contribution in [3.63, 3.8) is 0 Å². The van der Waals surface area contributed by atoms with Gasteiger partial charge in [-0.25, -0.2) is 0 Å². The number of benzene rings is 1. The van der Waals surface area contributed by atoms with Gasteiger partial charge in [-0.15, -0.1) is 0 Å². The highest BCUT2D eigenvalue weighted by Crippen LogP contribution is 2.13. The number of hydrogen-bond acceptors (Lipinski definition) is 2. The predicted molar refractivity (Wildman–Crippen MR) is 70.2 cm³/mol. The number of nitrogens with one attached hydrogen (secondary N) is 1. The van der Waals surface area contributed by atoms with Crippen LogP contribution in [0, 0.1) is 16.7 Å². The molecule has 0 heterocycles. The molecule has 1 aromatic carbocycles. The van der Waals surface area contributed by atoms with E-state index in [2.05, 4.69) is 27.3 Å². The molecule has 0 saturated carbocycles. The normalized spacial score (nSPS) is 10.7. The van der Waals surface area contributed by atoms with Crippen molar-refractivity contribution in [2.75, 3.05) is 6.54 Å². The van der Waals surface area contributed by atoms with Crippen molar-refractivity contribution in [1.82, 2.24) is 5.32 Å². The van der Waals surface area contributed by atoms with Crippen LogP contribution in [0.2, 0.25) is 0 Å². The Bertz CT molecular complexity index is 449. The van der Waals surface area contributed by atoms with Crippen LogP contribution in [0.3, 0.4) is 0 Å². The predicted octanol–water partition coefficient (Wildman–Crippen LogP) is 2.66. The minimum Gasteiger partial charge on any atom is -0.354 e. The number of carbonyl (C=O) groups is 1. The summed E-state index contributed by atoms with van der Waals surface area (Å²) in [5.41, 5.74) is 0.430. The number of rotatable bonds is 4. The van der Waals surface area contributed by atoms with Crippen LogP contribution in [0.15, 0.2) is 28.7 Å². The van der Waals surface area contributed by atoms with Gasteiger partial charge in [-0.1, -0.05) is 28.1 Å². The van der Waals surface area contributed by atoms with Crippen LogP contribution >= 0.6 is 15.9 Å². The van der Waals surface area contributed by atoms with Gasteiger partial charge in [0, 0.05) is 11.0 Å². The lowest BCUT2D eigenvalue weighted by Crippen LogP contribution is -2.34. The van der Waals surface area contributed by atoms with Gasteiger partial charge in [0.1, 0.15) is 0 Å². The van der Waals surface area contributed by atoms with Gasteiger partial charge in [0.25, 0.3) is 0 Å². The lowest BCUT2D eigenvalue weighted by atomic mass is 9.96. The summed E-state index contributed by atoms with van der Waals surface area (Å²) >= 11 is 3.36. The topological polar surface area (TPSA) is 52.9 Å². The molecule has 90 valence electrons. The molecule has 1 amide bonds. The van der Waals surface area contributed by atoms with Gasteiger partial charge in [-0.2, -0.15) is 5.26 Å². The molecule has 0 aliphatic heterocycles. The van der Waals surface area contributed by atoms with E-state index in [0.717, 1.165) is 10.0 Å². The first-order valence-electron chi connectivity index (χ1n) is 5.35. The van der Waals surface area contributed by atoms with E-state index in [1.165, 1.54) is 0 Å². The molecule has 0 fully saturated rings. The molecule has 17 heavy (non-hydrogen) atoms. The number of nitriles is 1. The van der Waals surface area contributed by atoms with E-state index in [9.17, 15) is 4.79 Å². The Hall–Kier alpha value is -1.34. The van der Waals surface area contributed by atoms with E-state index in [1.807, 2.05) is 24.3 Å². The van der Waals surface area contributed by atoms with Crippen molar-refractivity contribution in [3.8, 4) is 6.07 Å². The molecule has 3 nitrogen and oxygen atoms in total. The minimum atomic E-state index is -0.521. The quantitative estimate of drug-likeness (QED) is 0.928. The van der Waals surface area contributed by atoms with Crippen molar-refractivity contribution in [1.29, 1.82) is 5.26 Å². The average Bonchev–Trinajstić information content (AvgIpc) is 2.27. The van der Waals surface area contributed by atoms with Crippen molar-refractivity contribution in [3.05, 3.63) is 34.3 Å². The molecule has 0 bridgehead atoms. The monoisotopic (exact) mass is 294 g/mol. The molecule has 0 aliphatic carbocycles. The van der Waals surface area contributed by atoms with Gasteiger partial charge in [-0.05, 0) is 31.5 Å². The summed E-state index contributed by atoms with van der Waals surface area (Å²) in [4.78, 5) is 11.7. The van der Waals surface area contributed by atoms with Crippen LogP contribution in [0.5, 0.6) is 0 Å². The van der Waals surface area contributed by atoms with E-state index >= 15 is 0 Å². The summed E-state index contributed by atoms with van der Waals surface area (Å²) < 4.78 is 0.958. The van der Waals surface area contributed by atoms with Crippen LogP contribution < -0.4 is 5.32 Å². The highest BCUT2D eigenvalue weighted by atomic mass is 79.9. The zero-order valence-corrected chi connectivity index (χ0v) is 11.5. The van der Waals surface area contributed by atoms with E-state index in [0.29, 0.717) is 13.0 Å². The molecule has 1 rings (SSSR count). The molecule has 0 saturated heterocycles. The van der Waals surface area contributed by atoms with Gasteiger partial charge in [0.15, 0.2) is 0 Å². The Labute approximate surface area is 110 Å². The van der Waals surface area contributed by atoms with Crippen LogP contribution in [0.25, 0.3) is 0 Å². The first-order valence-corrected chi connectivity index (χ1v) is 6.15. The maximum atomic E-state index is 11.7. The minimum absolute atomic E-state index is 0.0635. The van der Waals surface area contributed by atoms with E-state index in [-0.39, 0.29) is 5.91 Å². The Morgan fingerprint density at radius 3 is 2.82 bits per heavy atom. The second-order valence-corrected chi connectivity index (χ2v) is 5.49. The summed E-state index contributed by atoms with van der Waals surface area (Å²) in [6.45, 7) is 3.97. The Morgan fingerprint density at radius 2 is 2.24 bits per heavy atom. The Morgan fingerprint density at radius 1 is 1.53 bits per heavy atom. The Kier molecular flexibility index (Phi) is 4.71. The second kappa shape index (κ2) is 5.83. The van der Waals surface area contributed by atoms with Crippen molar-refractivity contribution >= 4 is 21.8 Å². The molecule has 0 atom stereocenters. The summed E-state index contributed by atoms with van der Waals surface area (Å²) in [5, 5.41) is 11.6. The van der Waals surface area contributed by atoms with Crippen molar-refractivity contribution < 1.29 is 4.79 Å². The van der Waals surface area contributed by atoms with Crippen LogP contribution in [-0.4, -0.2) is 12.5 Å². The third-order valence-electron chi connectivity index (χ3n) is 2.28. The van der Waals surface area contributed by atoms with Crippen LogP contribution in [0.1, 0.15) is 19.4 Å². The molecule has 1 aromatic rings. The lowest BCUT2D eigenvalue weighted by molar-refractivity contribution is -0.120. The number of nitrogens with zero attached hydrogens (tertiary/aromatic N) is 1. The number of halogens is 1. The average molecular weight is 295 g/mol. The highest BCUT2D eigenvalue weighted by molar-refractivity contribution is 9.10. The summed E-state index contributed by atoms with van der Waals surface area (Å²) in [5.74, 6) is -0.0635. The molecular formula is C13H15BrN2O. The summed E-state index contributed by atoms with van der Waals surface area (Å²) in [6.07, 6.45) is 0.334. The van der Waals surface area contributed by atoms with Gasteiger partial charge in [0.05, 0.1) is 17.9 Å². The van der Waals surface area contributed by atoms with Gasteiger partial charge in [0.2, 0.25) is 5.91 Å². The molecule has 0 aromatic heterocycles. The first kappa shape index (κ1) is 13.7. The van der Waals surface area contributed by atoms with E-state index < -0.39 is 5.41 Å². The maximum Gasteiger partial charge on any atom is 0.224 e. The zero-order chi connectivity index (χ0) is 12.9. The fourth-order valence-corrected chi connectivity index (χ4v) is 1.70. The third kappa shape index (κ3) is 5.01.